The molecule has 0 amide bonds. The minimum Gasteiger partial charge on any atom is -0.394 e. The van der Waals surface area contributed by atoms with Crippen molar-refractivity contribution in [2.24, 2.45) is 0 Å². The van der Waals surface area contributed by atoms with E-state index in [1.54, 1.807) is 0 Å². The Balaban J connectivity index is 2.62. The van der Waals surface area contributed by atoms with Gasteiger partial charge < -0.3 is 46.0 Å². The molecule has 0 aromatic rings. The highest BCUT2D eigenvalue weighted by molar-refractivity contribution is 7.97. The third-order valence-corrected chi connectivity index (χ3v) is 6.65. The van der Waals surface area contributed by atoms with Crippen LogP contribution in [0.5, 0.6) is 0 Å². The molecule has 0 aromatic heterocycles. The lowest BCUT2D eigenvalue weighted by Gasteiger charge is -2.28. The summed E-state index contributed by atoms with van der Waals surface area (Å²) in [7, 11) is -0.783. The maximum atomic E-state index is 9.93. The molecular formula is C12H25O9S+. The first-order chi connectivity index (χ1) is 10.2. The van der Waals surface area contributed by atoms with E-state index in [0.717, 1.165) is 0 Å². The summed E-state index contributed by atoms with van der Waals surface area (Å²) in [6.07, 6.45) is -10.8. The highest BCUT2D eigenvalue weighted by atomic mass is 32.2. The Hall–Kier alpha value is -0.0100. The van der Waals surface area contributed by atoms with Crippen molar-refractivity contribution in [3.8, 4) is 0 Å². The molecule has 1 heterocycles. The monoisotopic (exact) mass is 345 g/mol. The van der Waals surface area contributed by atoms with Crippen molar-refractivity contribution in [1.29, 1.82) is 0 Å². The standard InChI is InChI=1S/C12H25O9S/c13-1-5(15)10(19)12(21)11(20)7(17)4-22-3-6(16)9(18)8(22)2-14/h5-21H,1-4H2/q+1/t5-,6-,7-,8-,9+,10-,11-,12-,22+/m1/s1. The van der Waals surface area contributed by atoms with Crippen molar-refractivity contribution >= 4 is 10.9 Å². The lowest BCUT2D eigenvalue weighted by molar-refractivity contribution is -0.136. The summed E-state index contributed by atoms with van der Waals surface area (Å²) in [5.74, 6) is 0.0492. The van der Waals surface area contributed by atoms with E-state index in [1.807, 2.05) is 0 Å². The number of hydrogen-bond acceptors (Lipinski definition) is 9. The average molecular weight is 345 g/mol. The average Bonchev–Trinajstić information content (AvgIpc) is 2.77. The first kappa shape index (κ1) is 20.0. The van der Waals surface area contributed by atoms with Gasteiger partial charge in [-0.15, -0.1) is 0 Å². The first-order valence-corrected chi connectivity index (χ1v) is 8.51. The lowest BCUT2D eigenvalue weighted by Crippen LogP contribution is -2.52. The van der Waals surface area contributed by atoms with Crippen LogP contribution in [-0.4, -0.2) is 119 Å². The highest BCUT2D eigenvalue weighted by Gasteiger charge is 2.51. The molecular weight excluding hydrogens is 320 g/mol. The van der Waals surface area contributed by atoms with Crippen molar-refractivity contribution in [2.75, 3.05) is 24.7 Å². The van der Waals surface area contributed by atoms with Crippen LogP contribution < -0.4 is 0 Å². The third-order valence-electron chi connectivity index (χ3n) is 3.83. The molecule has 0 unspecified atom stereocenters. The zero-order valence-electron chi connectivity index (χ0n) is 11.9. The fourth-order valence-corrected chi connectivity index (χ4v) is 5.06. The molecule has 1 aliphatic rings. The third kappa shape index (κ3) is 4.51. The van der Waals surface area contributed by atoms with E-state index in [4.69, 9.17) is 5.11 Å². The SMILES string of the molecule is OC[C@@H](O)[C@@H](O)[C@@H](O)[C@H](O)[C@H](O)C[S@+]1C[C@@H](O)[C@H](O)[C@H]1CO. The summed E-state index contributed by atoms with van der Waals surface area (Å²) in [5.41, 5.74) is 0. The minimum atomic E-state index is -1.88. The summed E-state index contributed by atoms with van der Waals surface area (Å²) >= 11 is 0. The van der Waals surface area contributed by atoms with Crippen LogP contribution in [-0.2, 0) is 10.9 Å². The normalized spacial score (nSPS) is 35.9. The van der Waals surface area contributed by atoms with E-state index in [1.165, 1.54) is 0 Å². The van der Waals surface area contributed by atoms with Crippen LogP contribution in [0, 0.1) is 0 Å². The van der Waals surface area contributed by atoms with Crippen molar-refractivity contribution in [2.45, 2.75) is 48.0 Å². The second kappa shape index (κ2) is 8.73. The van der Waals surface area contributed by atoms with E-state index < -0.39 is 72.1 Å². The van der Waals surface area contributed by atoms with Crippen LogP contribution in [0.1, 0.15) is 0 Å². The highest BCUT2D eigenvalue weighted by Crippen LogP contribution is 2.25. The quantitative estimate of drug-likeness (QED) is 0.194. The Labute approximate surface area is 130 Å². The van der Waals surface area contributed by atoms with E-state index in [0.29, 0.717) is 0 Å². The van der Waals surface area contributed by atoms with Crippen molar-refractivity contribution in [3.05, 3.63) is 0 Å². The van der Waals surface area contributed by atoms with E-state index in [2.05, 4.69) is 0 Å². The van der Waals surface area contributed by atoms with E-state index in [9.17, 15) is 40.9 Å². The molecule has 0 aliphatic carbocycles. The fraction of sp³-hybridized carbons (Fsp3) is 1.00. The van der Waals surface area contributed by atoms with Crippen LogP contribution in [0.4, 0.5) is 0 Å². The Bertz CT molecular complexity index is 334. The van der Waals surface area contributed by atoms with Gasteiger partial charge in [0.15, 0.2) is 5.25 Å². The molecule has 0 spiro atoms. The summed E-state index contributed by atoms with van der Waals surface area (Å²) < 4.78 is 0. The Morgan fingerprint density at radius 1 is 0.864 bits per heavy atom. The van der Waals surface area contributed by atoms with Crippen LogP contribution in [0.2, 0.25) is 0 Å². The topological polar surface area (TPSA) is 182 Å². The van der Waals surface area contributed by atoms with Crippen molar-refractivity contribution in [1.82, 2.24) is 0 Å². The van der Waals surface area contributed by atoms with Gasteiger partial charge in [-0.3, -0.25) is 0 Å². The molecule has 132 valence electrons. The Morgan fingerprint density at radius 2 is 1.41 bits per heavy atom. The molecule has 9 nitrogen and oxygen atoms in total. The van der Waals surface area contributed by atoms with E-state index in [-0.39, 0.29) is 11.5 Å². The smallest absolute Gasteiger partial charge is 0.169 e. The molecule has 1 saturated heterocycles. The molecule has 9 atom stereocenters. The van der Waals surface area contributed by atoms with Gasteiger partial charge in [0, 0.05) is 10.9 Å². The zero-order chi connectivity index (χ0) is 17.0. The zero-order valence-corrected chi connectivity index (χ0v) is 12.7. The molecule has 9 N–H and O–H groups in total. The van der Waals surface area contributed by atoms with Gasteiger partial charge in [-0.05, 0) is 0 Å². The molecule has 0 saturated carbocycles. The summed E-state index contributed by atoms with van der Waals surface area (Å²) in [6, 6.07) is 0. The van der Waals surface area contributed by atoms with Gasteiger partial charge >= 0.3 is 0 Å². The van der Waals surface area contributed by atoms with Crippen molar-refractivity contribution < 1.29 is 46.0 Å². The molecule has 10 heteroatoms. The van der Waals surface area contributed by atoms with E-state index >= 15 is 0 Å². The van der Waals surface area contributed by atoms with Crippen molar-refractivity contribution in [3.63, 3.8) is 0 Å². The van der Waals surface area contributed by atoms with Gasteiger partial charge in [-0.2, -0.15) is 0 Å². The number of rotatable bonds is 8. The summed E-state index contributed by atoms with van der Waals surface area (Å²) in [6.45, 7) is -1.21. The van der Waals surface area contributed by atoms with Gasteiger partial charge in [-0.1, -0.05) is 0 Å². The fourth-order valence-electron chi connectivity index (χ4n) is 2.37. The first-order valence-electron chi connectivity index (χ1n) is 6.89. The lowest BCUT2D eigenvalue weighted by atomic mass is 10.0. The number of aliphatic hydroxyl groups is 9. The minimum absolute atomic E-state index is 0.0977. The predicted molar refractivity (Wildman–Crippen MR) is 77.1 cm³/mol. The van der Waals surface area contributed by atoms with Gasteiger partial charge in [0.05, 0.1) is 13.2 Å². The molecule has 22 heavy (non-hydrogen) atoms. The Morgan fingerprint density at radius 3 is 1.91 bits per heavy atom. The molecule has 1 fully saturated rings. The second-order valence-electron chi connectivity index (χ2n) is 5.44. The van der Waals surface area contributed by atoms with Crippen LogP contribution in [0.25, 0.3) is 0 Å². The molecule has 1 rings (SSSR count). The Kier molecular flexibility index (Phi) is 7.95. The van der Waals surface area contributed by atoms with Crippen LogP contribution >= 0.6 is 0 Å². The number of hydrogen-bond donors (Lipinski definition) is 9. The van der Waals surface area contributed by atoms with Gasteiger partial charge in [0.25, 0.3) is 0 Å². The van der Waals surface area contributed by atoms with Gasteiger partial charge in [-0.25, -0.2) is 0 Å². The molecule has 0 bridgehead atoms. The molecule has 0 aromatic carbocycles. The summed E-state index contributed by atoms with van der Waals surface area (Å²) in [4.78, 5) is 0. The molecule has 1 aliphatic heterocycles. The van der Waals surface area contributed by atoms with Crippen LogP contribution in [0.3, 0.4) is 0 Å². The predicted octanol–water partition coefficient (Wildman–Crippen LogP) is -5.50. The summed E-state index contributed by atoms with van der Waals surface area (Å²) in [5, 5.41) is 84.7. The van der Waals surface area contributed by atoms with Gasteiger partial charge in [0.2, 0.25) is 0 Å². The largest absolute Gasteiger partial charge is 0.394 e. The second-order valence-corrected chi connectivity index (χ2v) is 7.79. The maximum absolute atomic E-state index is 9.93. The van der Waals surface area contributed by atoms with Crippen LogP contribution in [0.15, 0.2) is 0 Å². The van der Waals surface area contributed by atoms with Gasteiger partial charge in [0.1, 0.15) is 54.2 Å². The number of aliphatic hydroxyl groups excluding tert-OH is 9. The molecule has 0 radical (unpaired) electrons. The maximum Gasteiger partial charge on any atom is 0.169 e.